The standard InChI is InChI=1S/C15H16INO2S/c1-4-19-14(18)15(2,3)20-11-6-5-10-8-17-9-13(16)12(10)7-11/h5-9H,4H2,1-3H3. The fourth-order valence-corrected chi connectivity index (χ4v) is 3.48. The summed E-state index contributed by atoms with van der Waals surface area (Å²) < 4.78 is 5.63. The molecule has 0 saturated heterocycles. The molecule has 1 heterocycles. The van der Waals surface area contributed by atoms with Crippen molar-refractivity contribution in [3.63, 3.8) is 0 Å². The zero-order chi connectivity index (χ0) is 14.8. The molecule has 0 bridgehead atoms. The van der Waals surface area contributed by atoms with E-state index >= 15 is 0 Å². The predicted molar refractivity (Wildman–Crippen MR) is 91.0 cm³/mol. The quantitative estimate of drug-likeness (QED) is 0.436. The van der Waals surface area contributed by atoms with Gasteiger partial charge in [0.25, 0.3) is 0 Å². The molecule has 1 aromatic carbocycles. The smallest absolute Gasteiger partial charge is 0.321 e. The SMILES string of the molecule is CCOC(=O)C(C)(C)Sc1ccc2cncc(I)c2c1. The van der Waals surface area contributed by atoms with Gasteiger partial charge >= 0.3 is 5.97 Å². The van der Waals surface area contributed by atoms with Gasteiger partial charge < -0.3 is 4.74 Å². The summed E-state index contributed by atoms with van der Waals surface area (Å²) in [5.74, 6) is -0.186. The van der Waals surface area contributed by atoms with Crippen LogP contribution in [0.4, 0.5) is 0 Å². The third kappa shape index (κ3) is 3.44. The van der Waals surface area contributed by atoms with Crippen LogP contribution in [0.1, 0.15) is 20.8 Å². The van der Waals surface area contributed by atoms with Crippen molar-refractivity contribution < 1.29 is 9.53 Å². The highest BCUT2D eigenvalue weighted by atomic mass is 127. The van der Waals surface area contributed by atoms with Crippen molar-refractivity contribution in [2.24, 2.45) is 0 Å². The van der Waals surface area contributed by atoms with E-state index in [1.807, 2.05) is 45.3 Å². The summed E-state index contributed by atoms with van der Waals surface area (Å²) in [6, 6.07) is 6.16. The van der Waals surface area contributed by atoms with Crippen LogP contribution in [0.3, 0.4) is 0 Å². The van der Waals surface area contributed by atoms with Crippen molar-refractivity contribution in [3.8, 4) is 0 Å². The highest BCUT2D eigenvalue weighted by Gasteiger charge is 2.30. The van der Waals surface area contributed by atoms with Gasteiger partial charge in [0.2, 0.25) is 0 Å². The van der Waals surface area contributed by atoms with Crippen molar-refractivity contribution >= 4 is 51.1 Å². The van der Waals surface area contributed by atoms with E-state index in [1.54, 1.807) is 0 Å². The minimum absolute atomic E-state index is 0.186. The normalized spacial score (nSPS) is 11.6. The van der Waals surface area contributed by atoms with E-state index in [2.05, 4.69) is 33.6 Å². The Balaban J connectivity index is 2.30. The summed E-state index contributed by atoms with van der Waals surface area (Å²) in [4.78, 5) is 17.2. The van der Waals surface area contributed by atoms with Gasteiger partial charge in [-0.1, -0.05) is 6.07 Å². The molecule has 20 heavy (non-hydrogen) atoms. The van der Waals surface area contributed by atoms with Crippen LogP contribution in [0.15, 0.2) is 35.5 Å². The Morgan fingerprint density at radius 2 is 2.15 bits per heavy atom. The molecule has 3 nitrogen and oxygen atoms in total. The minimum Gasteiger partial charge on any atom is -0.465 e. The second kappa shape index (κ2) is 6.30. The molecule has 0 N–H and O–H groups in total. The molecule has 0 aliphatic rings. The van der Waals surface area contributed by atoms with Crippen LogP contribution in [0, 0.1) is 3.57 Å². The molecule has 0 spiro atoms. The van der Waals surface area contributed by atoms with Crippen molar-refractivity contribution in [1.82, 2.24) is 4.98 Å². The molecule has 0 fully saturated rings. The van der Waals surface area contributed by atoms with Gasteiger partial charge in [-0.2, -0.15) is 0 Å². The molecule has 106 valence electrons. The van der Waals surface area contributed by atoms with Gasteiger partial charge in [0.05, 0.1) is 6.61 Å². The largest absolute Gasteiger partial charge is 0.465 e. The van der Waals surface area contributed by atoms with Crippen LogP contribution >= 0.6 is 34.4 Å². The molecular formula is C15H16INO2S. The summed E-state index contributed by atoms with van der Waals surface area (Å²) in [7, 11) is 0. The van der Waals surface area contributed by atoms with Gasteiger partial charge in [0, 0.05) is 26.2 Å². The number of nitrogens with zero attached hydrogens (tertiary/aromatic N) is 1. The number of ether oxygens (including phenoxy) is 1. The summed E-state index contributed by atoms with van der Waals surface area (Å²) >= 11 is 3.79. The van der Waals surface area contributed by atoms with Gasteiger partial charge in [-0.25, -0.2) is 0 Å². The van der Waals surface area contributed by atoms with Crippen molar-refractivity contribution in [3.05, 3.63) is 34.2 Å². The van der Waals surface area contributed by atoms with Gasteiger partial charge in [-0.15, -0.1) is 11.8 Å². The molecule has 0 aliphatic carbocycles. The first-order valence-corrected chi connectivity index (χ1v) is 8.23. The average molecular weight is 401 g/mol. The number of thioether (sulfide) groups is 1. The molecule has 0 atom stereocenters. The average Bonchev–Trinajstić information content (AvgIpc) is 2.39. The number of fused-ring (bicyclic) bond motifs is 1. The number of hydrogen-bond donors (Lipinski definition) is 0. The third-order valence-corrected chi connectivity index (χ3v) is 4.85. The Hall–Kier alpha value is -0.820. The summed E-state index contributed by atoms with van der Waals surface area (Å²) in [5.41, 5.74) is 0. The number of benzene rings is 1. The van der Waals surface area contributed by atoms with E-state index < -0.39 is 4.75 Å². The maximum atomic E-state index is 11.9. The molecule has 0 aliphatic heterocycles. The van der Waals surface area contributed by atoms with Gasteiger partial charge in [-0.3, -0.25) is 9.78 Å². The molecule has 5 heteroatoms. The predicted octanol–water partition coefficient (Wildman–Crippen LogP) is 4.27. The van der Waals surface area contributed by atoms with Gasteiger partial charge in [-0.05, 0) is 60.9 Å². The Bertz CT molecular complexity index is 643. The lowest BCUT2D eigenvalue weighted by Crippen LogP contribution is -2.29. The van der Waals surface area contributed by atoms with Crippen molar-refractivity contribution in [1.29, 1.82) is 0 Å². The van der Waals surface area contributed by atoms with E-state index in [4.69, 9.17) is 4.74 Å². The Morgan fingerprint density at radius 1 is 1.40 bits per heavy atom. The number of esters is 1. The first-order valence-electron chi connectivity index (χ1n) is 6.33. The highest BCUT2D eigenvalue weighted by molar-refractivity contribution is 14.1. The van der Waals surface area contributed by atoms with E-state index in [0.29, 0.717) is 6.61 Å². The minimum atomic E-state index is -0.595. The van der Waals surface area contributed by atoms with Gasteiger partial charge in [0.15, 0.2) is 0 Å². The van der Waals surface area contributed by atoms with E-state index in [-0.39, 0.29) is 5.97 Å². The lowest BCUT2D eigenvalue weighted by molar-refractivity contribution is -0.145. The Labute approximate surface area is 136 Å². The monoisotopic (exact) mass is 401 g/mol. The van der Waals surface area contributed by atoms with Crippen LogP contribution in [-0.2, 0) is 9.53 Å². The number of carbonyl (C=O) groups is 1. The second-order valence-corrected chi connectivity index (χ2v) is 7.70. The summed E-state index contributed by atoms with van der Waals surface area (Å²) in [6.45, 7) is 6.00. The fraction of sp³-hybridized carbons (Fsp3) is 0.333. The first kappa shape index (κ1) is 15.6. The van der Waals surface area contributed by atoms with Crippen LogP contribution < -0.4 is 0 Å². The van der Waals surface area contributed by atoms with Crippen LogP contribution in [0.2, 0.25) is 0 Å². The molecular weight excluding hydrogens is 385 g/mol. The Morgan fingerprint density at radius 3 is 2.85 bits per heavy atom. The molecule has 2 rings (SSSR count). The molecule has 2 aromatic rings. The van der Waals surface area contributed by atoms with E-state index in [9.17, 15) is 4.79 Å². The van der Waals surface area contributed by atoms with Crippen LogP contribution in [0.25, 0.3) is 10.8 Å². The third-order valence-electron chi connectivity index (χ3n) is 2.82. The molecule has 1 aromatic heterocycles. The first-order chi connectivity index (χ1) is 9.44. The number of carbonyl (C=O) groups excluding carboxylic acids is 1. The lowest BCUT2D eigenvalue weighted by Gasteiger charge is -2.21. The van der Waals surface area contributed by atoms with Crippen molar-refractivity contribution in [2.45, 2.75) is 30.4 Å². The summed E-state index contributed by atoms with van der Waals surface area (Å²) in [5, 5.41) is 2.26. The van der Waals surface area contributed by atoms with Crippen molar-refractivity contribution in [2.75, 3.05) is 6.61 Å². The number of hydrogen-bond acceptors (Lipinski definition) is 4. The van der Waals surface area contributed by atoms with E-state index in [0.717, 1.165) is 19.2 Å². The molecule has 0 unspecified atom stereocenters. The maximum absolute atomic E-state index is 11.9. The van der Waals surface area contributed by atoms with Crippen LogP contribution in [0.5, 0.6) is 0 Å². The zero-order valence-electron chi connectivity index (χ0n) is 11.6. The maximum Gasteiger partial charge on any atom is 0.321 e. The number of aromatic nitrogens is 1. The van der Waals surface area contributed by atoms with Crippen LogP contribution in [-0.4, -0.2) is 22.3 Å². The number of rotatable bonds is 4. The second-order valence-electron chi connectivity index (χ2n) is 4.84. The Kier molecular flexibility index (Phi) is 4.90. The summed E-state index contributed by atoms with van der Waals surface area (Å²) in [6.07, 6.45) is 3.69. The fourth-order valence-electron chi connectivity index (χ4n) is 1.81. The lowest BCUT2D eigenvalue weighted by atomic mass is 10.2. The zero-order valence-corrected chi connectivity index (χ0v) is 14.6. The molecule has 0 radical (unpaired) electrons. The molecule has 0 saturated carbocycles. The molecule has 0 amide bonds. The highest BCUT2D eigenvalue weighted by Crippen LogP contribution is 2.35. The van der Waals surface area contributed by atoms with Gasteiger partial charge in [0.1, 0.15) is 4.75 Å². The number of pyridine rings is 1. The topological polar surface area (TPSA) is 39.2 Å². The number of halogens is 1. The van der Waals surface area contributed by atoms with E-state index in [1.165, 1.54) is 11.8 Å².